The number of carbonyl (C=O) groups excluding carboxylic acids is 1. The molecule has 0 aromatic heterocycles. The molecule has 1 aromatic carbocycles. The second kappa shape index (κ2) is 5.13. The first-order valence-electron chi connectivity index (χ1n) is 6.25. The van der Waals surface area contributed by atoms with Crippen LogP contribution in [0.3, 0.4) is 0 Å². The van der Waals surface area contributed by atoms with E-state index >= 15 is 0 Å². The number of ether oxygens (including phenoxy) is 2. The highest BCUT2D eigenvalue weighted by molar-refractivity contribution is 9.10. The minimum Gasteiger partial charge on any atom is -0.466 e. The second-order valence-corrected chi connectivity index (χ2v) is 5.69. The molecule has 3 unspecified atom stereocenters. The summed E-state index contributed by atoms with van der Waals surface area (Å²) in [5.74, 6) is -2.36. The van der Waals surface area contributed by atoms with Crippen molar-refractivity contribution in [3.8, 4) is 5.75 Å². The first-order chi connectivity index (χ1) is 8.88. The molecule has 0 amide bonds. The first kappa shape index (κ1) is 14.3. The summed E-state index contributed by atoms with van der Waals surface area (Å²) in [6.45, 7) is 5.41. The monoisotopic (exact) mass is 328 g/mol. The van der Waals surface area contributed by atoms with Gasteiger partial charge in [-0.15, -0.1) is 0 Å². The minimum atomic E-state index is -1.58. The van der Waals surface area contributed by atoms with Crippen LogP contribution < -0.4 is 4.74 Å². The van der Waals surface area contributed by atoms with E-state index in [0.29, 0.717) is 5.75 Å². The molecule has 1 heterocycles. The highest BCUT2D eigenvalue weighted by Crippen LogP contribution is 2.47. The smallest absolute Gasteiger partial charge is 0.316 e. The number of hydrogen-bond donors (Lipinski definition) is 1. The Hall–Kier alpha value is -1.07. The van der Waals surface area contributed by atoms with Crippen LogP contribution in [-0.2, 0) is 9.53 Å². The van der Waals surface area contributed by atoms with Gasteiger partial charge in [0.1, 0.15) is 11.7 Å². The molecule has 4 nitrogen and oxygen atoms in total. The summed E-state index contributed by atoms with van der Waals surface area (Å²) in [7, 11) is 0. The summed E-state index contributed by atoms with van der Waals surface area (Å²) in [5, 5.41) is 10.4. The van der Waals surface area contributed by atoms with E-state index in [4.69, 9.17) is 9.47 Å². The van der Waals surface area contributed by atoms with E-state index in [1.54, 1.807) is 6.92 Å². The highest BCUT2D eigenvalue weighted by atomic mass is 79.9. The zero-order valence-corrected chi connectivity index (χ0v) is 12.7. The molecule has 1 N–H and O–H groups in total. The topological polar surface area (TPSA) is 55.8 Å². The summed E-state index contributed by atoms with van der Waals surface area (Å²) in [5.41, 5.74) is 0.888. The van der Waals surface area contributed by atoms with Crippen LogP contribution in [0.5, 0.6) is 5.75 Å². The molecule has 0 saturated heterocycles. The summed E-state index contributed by atoms with van der Waals surface area (Å²) in [6, 6.07) is 5.61. The number of esters is 1. The third-order valence-corrected chi connectivity index (χ3v) is 4.04. The molecule has 104 valence electrons. The Morgan fingerprint density at radius 3 is 2.89 bits per heavy atom. The zero-order chi connectivity index (χ0) is 14.2. The lowest BCUT2D eigenvalue weighted by atomic mass is 9.79. The van der Waals surface area contributed by atoms with Gasteiger partial charge in [0.15, 0.2) is 0 Å². The number of para-hydroxylation sites is 1. The fourth-order valence-corrected chi connectivity index (χ4v) is 3.02. The maximum Gasteiger partial charge on any atom is 0.316 e. The van der Waals surface area contributed by atoms with Gasteiger partial charge in [0.2, 0.25) is 5.79 Å². The van der Waals surface area contributed by atoms with Crippen molar-refractivity contribution >= 4 is 21.9 Å². The second-order valence-electron chi connectivity index (χ2n) is 4.83. The Balaban J connectivity index is 2.46. The predicted octanol–water partition coefficient (Wildman–Crippen LogP) is 2.83. The van der Waals surface area contributed by atoms with E-state index < -0.39 is 17.7 Å². The van der Waals surface area contributed by atoms with Crippen molar-refractivity contribution in [2.75, 3.05) is 6.61 Å². The third kappa shape index (κ3) is 2.49. The Labute approximate surface area is 120 Å². The van der Waals surface area contributed by atoms with Gasteiger partial charge in [-0.1, -0.05) is 19.1 Å². The van der Waals surface area contributed by atoms with Gasteiger partial charge in [-0.3, -0.25) is 4.79 Å². The van der Waals surface area contributed by atoms with Gasteiger partial charge in [0.25, 0.3) is 0 Å². The van der Waals surface area contributed by atoms with Gasteiger partial charge in [-0.2, -0.15) is 0 Å². The van der Waals surface area contributed by atoms with Crippen molar-refractivity contribution in [2.45, 2.75) is 32.5 Å². The molecule has 0 bridgehead atoms. The standard InChI is InChI=1S/C14H17BrO4/c1-4-18-13(16)11-8(2)9-6-5-7-10(15)12(9)19-14(11,3)17/h5-8,11,17H,4H2,1-3H3. The van der Waals surface area contributed by atoms with Gasteiger partial charge in [-0.05, 0) is 34.5 Å². The van der Waals surface area contributed by atoms with Crippen molar-refractivity contribution < 1.29 is 19.4 Å². The molecule has 0 spiro atoms. The van der Waals surface area contributed by atoms with Crippen molar-refractivity contribution in [3.63, 3.8) is 0 Å². The van der Waals surface area contributed by atoms with Crippen LogP contribution in [0.2, 0.25) is 0 Å². The first-order valence-corrected chi connectivity index (χ1v) is 7.04. The molecule has 0 fully saturated rings. The van der Waals surface area contributed by atoms with Crippen LogP contribution in [0.15, 0.2) is 22.7 Å². The molecule has 2 rings (SSSR count). The molecule has 19 heavy (non-hydrogen) atoms. The van der Waals surface area contributed by atoms with Crippen LogP contribution in [0.1, 0.15) is 32.3 Å². The maximum atomic E-state index is 12.0. The number of fused-ring (bicyclic) bond motifs is 1. The van der Waals surface area contributed by atoms with Crippen LogP contribution >= 0.6 is 15.9 Å². The van der Waals surface area contributed by atoms with Crippen molar-refractivity contribution in [2.24, 2.45) is 5.92 Å². The number of halogens is 1. The number of benzene rings is 1. The minimum absolute atomic E-state index is 0.185. The Morgan fingerprint density at radius 2 is 2.26 bits per heavy atom. The quantitative estimate of drug-likeness (QED) is 0.848. The van der Waals surface area contributed by atoms with Gasteiger partial charge >= 0.3 is 5.97 Å². The molecular formula is C14H17BrO4. The molecule has 1 aliphatic heterocycles. The largest absolute Gasteiger partial charge is 0.466 e. The molecule has 3 atom stereocenters. The van der Waals surface area contributed by atoms with Crippen molar-refractivity contribution in [3.05, 3.63) is 28.2 Å². The lowest BCUT2D eigenvalue weighted by Crippen LogP contribution is -2.50. The third-order valence-electron chi connectivity index (χ3n) is 3.41. The Kier molecular flexibility index (Phi) is 3.87. The van der Waals surface area contributed by atoms with Crippen LogP contribution in [0, 0.1) is 5.92 Å². The maximum absolute atomic E-state index is 12.0. The fraction of sp³-hybridized carbons (Fsp3) is 0.500. The Bertz CT molecular complexity index is 498. The molecule has 0 radical (unpaired) electrons. The molecule has 5 heteroatoms. The molecular weight excluding hydrogens is 312 g/mol. The normalized spacial score (nSPS) is 29.3. The SMILES string of the molecule is CCOC(=O)C1C(C)c2cccc(Br)c2OC1(C)O. The average molecular weight is 329 g/mol. The van der Waals surface area contributed by atoms with Gasteiger partial charge in [-0.25, -0.2) is 0 Å². The number of rotatable bonds is 2. The lowest BCUT2D eigenvalue weighted by molar-refractivity contribution is -0.200. The molecule has 1 aliphatic rings. The summed E-state index contributed by atoms with van der Waals surface area (Å²) in [6.07, 6.45) is 0. The average Bonchev–Trinajstić information content (AvgIpc) is 2.30. The van der Waals surface area contributed by atoms with E-state index in [0.717, 1.165) is 10.0 Å². The van der Waals surface area contributed by atoms with Crippen molar-refractivity contribution in [1.82, 2.24) is 0 Å². The molecule has 0 saturated carbocycles. The summed E-state index contributed by atoms with van der Waals surface area (Å²) < 4.78 is 11.4. The van der Waals surface area contributed by atoms with E-state index in [1.165, 1.54) is 6.92 Å². The van der Waals surface area contributed by atoms with Gasteiger partial charge < -0.3 is 14.6 Å². The number of aliphatic hydroxyl groups is 1. The lowest BCUT2D eigenvalue weighted by Gasteiger charge is -2.41. The number of carbonyl (C=O) groups is 1. The number of hydrogen-bond acceptors (Lipinski definition) is 4. The van der Waals surface area contributed by atoms with Gasteiger partial charge in [0, 0.05) is 12.8 Å². The van der Waals surface area contributed by atoms with Gasteiger partial charge in [0.05, 0.1) is 11.1 Å². The van der Waals surface area contributed by atoms with Crippen LogP contribution in [0.25, 0.3) is 0 Å². The predicted molar refractivity (Wildman–Crippen MR) is 73.9 cm³/mol. The summed E-state index contributed by atoms with van der Waals surface area (Å²) in [4.78, 5) is 12.0. The highest BCUT2D eigenvalue weighted by Gasteiger charge is 2.49. The Morgan fingerprint density at radius 1 is 1.58 bits per heavy atom. The summed E-state index contributed by atoms with van der Waals surface area (Å²) >= 11 is 3.40. The van der Waals surface area contributed by atoms with Crippen LogP contribution in [-0.4, -0.2) is 23.5 Å². The van der Waals surface area contributed by atoms with Crippen molar-refractivity contribution in [1.29, 1.82) is 0 Å². The van der Waals surface area contributed by atoms with E-state index in [1.807, 2.05) is 25.1 Å². The van der Waals surface area contributed by atoms with E-state index in [2.05, 4.69) is 15.9 Å². The zero-order valence-electron chi connectivity index (χ0n) is 11.1. The van der Waals surface area contributed by atoms with Crippen LogP contribution in [0.4, 0.5) is 0 Å². The fourth-order valence-electron chi connectivity index (χ4n) is 2.56. The molecule has 0 aliphatic carbocycles. The van der Waals surface area contributed by atoms with E-state index in [-0.39, 0.29) is 12.5 Å². The van der Waals surface area contributed by atoms with E-state index in [9.17, 15) is 9.90 Å². The molecule has 1 aromatic rings.